The van der Waals surface area contributed by atoms with Crippen molar-refractivity contribution in [3.05, 3.63) is 38.5 Å². The molecule has 0 saturated carbocycles. The Balaban J connectivity index is 1.74. The molecule has 8 heteroatoms. The van der Waals surface area contributed by atoms with E-state index < -0.39 is 24.3 Å². The highest BCUT2D eigenvalue weighted by Gasteiger charge is 2.24. The van der Waals surface area contributed by atoms with Gasteiger partial charge in [0.15, 0.2) is 18.3 Å². The Morgan fingerprint density at radius 1 is 1.48 bits per heavy atom. The Morgan fingerprint density at radius 3 is 2.91 bits per heavy atom. The molecule has 0 aromatic carbocycles. The predicted molar refractivity (Wildman–Crippen MR) is 91.7 cm³/mol. The van der Waals surface area contributed by atoms with Gasteiger partial charge in [-0.3, -0.25) is 9.59 Å². The number of Topliss-reactive ketones (excluding diaryl/α,β-unsaturated/α-hetero) is 1. The highest BCUT2D eigenvalue weighted by Crippen LogP contribution is 2.21. The Bertz CT molecular complexity index is 704. The number of aryl methyl sites for hydroxylation is 1. The van der Waals surface area contributed by atoms with Crippen LogP contribution in [0, 0.1) is 18.3 Å². The van der Waals surface area contributed by atoms with E-state index in [1.807, 2.05) is 23.6 Å². The van der Waals surface area contributed by atoms with Crippen LogP contribution in [0.5, 0.6) is 0 Å². The van der Waals surface area contributed by atoms with E-state index in [2.05, 4.69) is 4.98 Å². The van der Waals surface area contributed by atoms with Crippen molar-refractivity contribution < 1.29 is 14.3 Å². The molecular weight excluding hydrogens is 352 g/mol. The van der Waals surface area contributed by atoms with E-state index >= 15 is 0 Å². The van der Waals surface area contributed by atoms with Crippen molar-refractivity contribution >= 4 is 46.2 Å². The van der Waals surface area contributed by atoms with Gasteiger partial charge in [0.05, 0.1) is 11.8 Å². The van der Waals surface area contributed by atoms with Crippen molar-refractivity contribution in [3.8, 4) is 6.07 Å². The zero-order valence-corrected chi connectivity index (χ0v) is 14.8. The molecule has 0 amide bonds. The maximum Gasteiger partial charge on any atom is 0.316 e. The molecule has 23 heavy (non-hydrogen) atoms. The van der Waals surface area contributed by atoms with Crippen LogP contribution in [0.2, 0.25) is 0 Å². The van der Waals surface area contributed by atoms with Crippen molar-refractivity contribution in [1.29, 1.82) is 5.26 Å². The van der Waals surface area contributed by atoms with Crippen LogP contribution in [0.25, 0.3) is 0 Å². The van der Waals surface area contributed by atoms with Gasteiger partial charge in [-0.05, 0) is 18.4 Å². The fourth-order valence-corrected chi connectivity index (χ4v) is 4.20. The number of esters is 1. The molecule has 0 saturated heterocycles. The number of hydrogen-bond donors (Lipinski definition) is 0. The van der Waals surface area contributed by atoms with Gasteiger partial charge < -0.3 is 4.74 Å². The summed E-state index contributed by atoms with van der Waals surface area (Å²) >= 11 is 4.32. The maximum atomic E-state index is 12.0. The number of carbonyl (C=O) groups is 2. The Morgan fingerprint density at radius 2 is 2.30 bits per heavy atom. The summed E-state index contributed by atoms with van der Waals surface area (Å²) in [7, 11) is 0. The Kier molecular flexibility index (Phi) is 6.77. The molecule has 2 aromatic heterocycles. The van der Waals surface area contributed by atoms with Crippen molar-refractivity contribution in [2.45, 2.75) is 18.6 Å². The van der Waals surface area contributed by atoms with Gasteiger partial charge in [-0.1, -0.05) is 6.07 Å². The van der Waals surface area contributed by atoms with Gasteiger partial charge in [0, 0.05) is 21.7 Å². The van der Waals surface area contributed by atoms with Crippen LogP contribution in [0.3, 0.4) is 0 Å². The predicted octanol–water partition coefficient (Wildman–Crippen LogP) is 3.17. The first kappa shape index (κ1) is 17.7. The van der Waals surface area contributed by atoms with Gasteiger partial charge in [0.1, 0.15) is 5.01 Å². The summed E-state index contributed by atoms with van der Waals surface area (Å²) in [6, 6.07) is 5.88. The summed E-state index contributed by atoms with van der Waals surface area (Å²) in [6.07, 6.45) is 0. The lowest BCUT2D eigenvalue weighted by Crippen LogP contribution is -2.20. The van der Waals surface area contributed by atoms with Crippen molar-refractivity contribution in [2.75, 3.05) is 12.4 Å². The van der Waals surface area contributed by atoms with Crippen LogP contribution >= 0.6 is 34.4 Å². The fraction of sp³-hybridized carbons (Fsp3) is 0.333. The number of carbonyl (C=O) groups excluding carboxylic acids is 2. The summed E-state index contributed by atoms with van der Waals surface area (Å²) in [4.78, 5) is 29.0. The molecule has 120 valence electrons. The van der Waals surface area contributed by atoms with E-state index in [1.54, 1.807) is 23.6 Å². The zero-order chi connectivity index (χ0) is 16.7. The molecule has 2 aromatic rings. The van der Waals surface area contributed by atoms with E-state index in [0.29, 0.717) is 5.01 Å². The second-order valence-electron chi connectivity index (χ2n) is 4.59. The van der Waals surface area contributed by atoms with Crippen LogP contribution in [0.4, 0.5) is 0 Å². The average Bonchev–Trinajstić information content (AvgIpc) is 3.18. The normalized spacial score (nSPS) is 11.7. The third-order valence-electron chi connectivity index (χ3n) is 2.75. The van der Waals surface area contributed by atoms with E-state index in [9.17, 15) is 9.59 Å². The van der Waals surface area contributed by atoms with E-state index in [4.69, 9.17) is 10.00 Å². The van der Waals surface area contributed by atoms with E-state index in [1.165, 1.54) is 28.0 Å². The topological polar surface area (TPSA) is 80.0 Å². The number of nitriles is 1. The SMILES string of the molecule is Cc1csc([C@H](C#N)C(=O)COC(=O)CSCc2cccs2)n1. The van der Waals surface area contributed by atoms with Crippen LogP contribution < -0.4 is 0 Å². The molecule has 0 aliphatic heterocycles. The fourth-order valence-electron chi connectivity index (χ4n) is 1.68. The Labute approximate surface area is 146 Å². The molecule has 0 unspecified atom stereocenters. The monoisotopic (exact) mass is 366 g/mol. The lowest BCUT2D eigenvalue weighted by Gasteiger charge is -2.06. The summed E-state index contributed by atoms with van der Waals surface area (Å²) < 4.78 is 4.95. The smallest absolute Gasteiger partial charge is 0.316 e. The number of hydrogen-bond acceptors (Lipinski definition) is 8. The first-order chi connectivity index (χ1) is 11.1. The minimum absolute atomic E-state index is 0.179. The number of thiophene rings is 1. The van der Waals surface area contributed by atoms with Gasteiger partial charge in [-0.25, -0.2) is 4.98 Å². The minimum Gasteiger partial charge on any atom is -0.457 e. The lowest BCUT2D eigenvalue weighted by atomic mass is 10.1. The van der Waals surface area contributed by atoms with Gasteiger partial charge in [-0.2, -0.15) is 5.26 Å². The molecule has 1 atom stereocenters. The molecule has 0 bridgehead atoms. The molecule has 0 fully saturated rings. The van der Waals surface area contributed by atoms with Gasteiger partial charge in [-0.15, -0.1) is 34.4 Å². The number of aromatic nitrogens is 1. The number of rotatable bonds is 8. The number of thioether (sulfide) groups is 1. The largest absolute Gasteiger partial charge is 0.457 e. The molecule has 2 heterocycles. The van der Waals surface area contributed by atoms with Crippen molar-refractivity contribution in [2.24, 2.45) is 0 Å². The maximum absolute atomic E-state index is 12.0. The van der Waals surface area contributed by atoms with Crippen molar-refractivity contribution in [3.63, 3.8) is 0 Å². The number of ether oxygens (including phenoxy) is 1. The first-order valence-corrected chi connectivity index (χ1v) is 9.61. The molecule has 0 spiro atoms. The standard InChI is InChI=1S/C15H14N2O3S3/c1-10-7-23-15(17-10)12(5-16)13(18)6-20-14(19)9-21-8-11-3-2-4-22-11/h2-4,7,12H,6,8-9H2,1H3/t12-/m1/s1. The third-order valence-corrected chi connectivity index (χ3v) is 5.80. The highest BCUT2D eigenvalue weighted by molar-refractivity contribution is 7.99. The molecule has 5 nitrogen and oxygen atoms in total. The van der Waals surface area contributed by atoms with Crippen LogP contribution in [-0.4, -0.2) is 29.1 Å². The highest BCUT2D eigenvalue weighted by atomic mass is 32.2. The van der Waals surface area contributed by atoms with Crippen LogP contribution in [0.15, 0.2) is 22.9 Å². The van der Waals surface area contributed by atoms with Crippen LogP contribution in [-0.2, 0) is 20.1 Å². The lowest BCUT2D eigenvalue weighted by molar-refractivity contribution is -0.145. The third kappa shape index (κ3) is 5.46. The number of thiazole rings is 1. The van der Waals surface area contributed by atoms with Crippen molar-refractivity contribution in [1.82, 2.24) is 4.98 Å². The number of ketones is 1. The van der Waals surface area contributed by atoms with Gasteiger partial charge in [0.2, 0.25) is 0 Å². The molecule has 0 radical (unpaired) electrons. The second kappa shape index (κ2) is 8.82. The summed E-state index contributed by atoms with van der Waals surface area (Å²) in [5.41, 5.74) is 0.764. The first-order valence-electron chi connectivity index (χ1n) is 6.70. The molecule has 0 aliphatic rings. The Hall–Kier alpha value is -1.69. The molecule has 2 rings (SSSR count). The summed E-state index contributed by atoms with van der Waals surface area (Å²) in [5.74, 6) is -0.954. The molecule has 0 N–H and O–H groups in total. The van der Waals surface area contributed by atoms with Gasteiger partial charge in [0.25, 0.3) is 0 Å². The minimum atomic E-state index is -0.972. The van der Waals surface area contributed by atoms with E-state index in [-0.39, 0.29) is 5.75 Å². The molecule has 0 aliphatic carbocycles. The molecular formula is C15H14N2O3S3. The quantitative estimate of drug-likeness (QED) is 0.668. The van der Waals surface area contributed by atoms with Gasteiger partial charge >= 0.3 is 5.97 Å². The number of nitrogens with zero attached hydrogens (tertiary/aromatic N) is 2. The summed E-state index contributed by atoms with van der Waals surface area (Å²) in [6.45, 7) is 1.40. The summed E-state index contributed by atoms with van der Waals surface area (Å²) in [5, 5.41) is 13.3. The van der Waals surface area contributed by atoms with E-state index in [0.717, 1.165) is 11.4 Å². The van der Waals surface area contributed by atoms with Crippen LogP contribution in [0.1, 0.15) is 21.5 Å². The second-order valence-corrected chi connectivity index (χ2v) is 7.50. The zero-order valence-electron chi connectivity index (χ0n) is 12.4. The average molecular weight is 366 g/mol.